The molecule has 1 rings (SSSR count). The number of nitrogens with one attached hydrogen (secondary N) is 1. The van der Waals surface area contributed by atoms with E-state index < -0.39 is 0 Å². The fourth-order valence-corrected chi connectivity index (χ4v) is 2.60. The second-order valence-electron chi connectivity index (χ2n) is 6.26. The summed E-state index contributed by atoms with van der Waals surface area (Å²) in [5.74, 6) is 0.911. The average molecular weight is 238 g/mol. The van der Waals surface area contributed by atoms with E-state index in [1.165, 1.54) is 45.3 Å². The Morgan fingerprint density at radius 2 is 2.18 bits per heavy atom. The standard InChI is InChI=1S/C15H30N2/c1-5-11-17(15(2,3)4)12-7-9-14-8-6-10-16-13-14/h5,14,16H,1,6-13H2,2-4H3. The quantitative estimate of drug-likeness (QED) is 0.716. The van der Waals surface area contributed by atoms with Crippen molar-refractivity contribution >= 4 is 0 Å². The van der Waals surface area contributed by atoms with E-state index in [1.807, 2.05) is 6.08 Å². The van der Waals surface area contributed by atoms with Crippen molar-refractivity contribution < 1.29 is 0 Å². The lowest BCUT2D eigenvalue weighted by atomic mass is 9.94. The Morgan fingerprint density at radius 3 is 2.71 bits per heavy atom. The number of rotatable bonds is 6. The summed E-state index contributed by atoms with van der Waals surface area (Å²) in [7, 11) is 0. The van der Waals surface area contributed by atoms with E-state index in [1.54, 1.807) is 0 Å². The molecule has 1 heterocycles. The van der Waals surface area contributed by atoms with Gasteiger partial charge in [0, 0.05) is 12.1 Å². The van der Waals surface area contributed by atoms with E-state index in [9.17, 15) is 0 Å². The molecule has 1 aliphatic heterocycles. The molecule has 100 valence electrons. The third kappa shape index (κ3) is 5.69. The van der Waals surface area contributed by atoms with Gasteiger partial charge in [0.2, 0.25) is 0 Å². The van der Waals surface area contributed by atoms with Crippen LogP contribution in [-0.4, -0.2) is 36.6 Å². The minimum absolute atomic E-state index is 0.263. The van der Waals surface area contributed by atoms with Crippen molar-refractivity contribution in [3.05, 3.63) is 12.7 Å². The van der Waals surface area contributed by atoms with Gasteiger partial charge in [-0.3, -0.25) is 4.90 Å². The molecule has 1 atom stereocenters. The predicted octanol–water partition coefficient (Wildman–Crippen LogP) is 3.05. The van der Waals surface area contributed by atoms with Crippen molar-refractivity contribution in [1.29, 1.82) is 0 Å². The van der Waals surface area contributed by atoms with E-state index >= 15 is 0 Å². The Hall–Kier alpha value is -0.340. The largest absolute Gasteiger partial charge is 0.316 e. The molecule has 0 radical (unpaired) electrons. The lowest BCUT2D eigenvalue weighted by molar-refractivity contribution is 0.147. The summed E-state index contributed by atoms with van der Waals surface area (Å²) in [5.41, 5.74) is 0.263. The van der Waals surface area contributed by atoms with Gasteiger partial charge in [0.05, 0.1) is 0 Å². The van der Waals surface area contributed by atoms with Crippen LogP contribution in [0.1, 0.15) is 46.5 Å². The van der Waals surface area contributed by atoms with E-state index in [0.29, 0.717) is 0 Å². The minimum Gasteiger partial charge on any atom is -0.316 e. The molecule has 1 fully saturated rings. The molecule has 1 N–H and O–H groups in total. The molecule has 1 saturated heterocycles. The van der Waals surface area contributed by atoms with E-state index in [4.69, 9.17) is 0 Å². The minimum atomic E-state index is 0.263. The van der Waals surface area contributed by atoms with Crippen molar-refractivity contribution in [1.82, 2.24) is 10.2 Å². The highest BCUT2D eigenvalue weighted by molar-refractivity contribution is 4.83. The van der Waals surface area contributed by atoms with Gasteiger partial charge in [0.25, 0.3) is 0 Å². The molecule has 0 aromatic carbocycles. The molecule has 0 bridgehead atoms. The fraction of sp³-hybridized carbons (Fsp3) is 0.867. The Bertz CT molecular complexity index is 211. The zero-order chi connectivity index (χ0) is 12.7. The van der Waals surface area contributed by atoms with Crippen molar-refractivity contribution in [2.45, 2.75) is 52.0 Å². The molecular weight excluding hydrogens is 208 g/mol. The first-order valence-electron chi connectivity index (χ1n) is 7.10. The molecule has 0 spiro atoms. The fourth-order valence-electron chi connectivity index (χ4n) is 2.60. The molecule has 2 heteroatoms. The molecular formula is C15H30N2. The van der Waals surface area contributed by atoms with Gasteiger partial charge < -0.3 is 5.32 Å². The Balaban J connectivity index is 2.24. The molecule has 1 unspecified atom stereocenters. The van der Waals surface area contributed by atoms with Crippen molar-refractivity contribution in [2.75, 3.05) is 26.2 Å². The van der Waals surface area contributed by atoms with Crippen LogP contribution in [0.4, 0.5) is 0 Å². The average Bonchev–Trinajstić information content (AvgIpc) is 2.28. The van der Waals surface area contributed by atoms with Crippen molar-refractivity contribution in [3.8, 4) is 0 Å². The SMILES string of the molecule is C=CCN(CCCC1CCCNC1)C(C)(C)C. The summed E-state index contributed by atoms with van der Waals surface area (Å²) in [6.07, 6.45) is 7.49. The van der Waals surface area contributed by atoms with Crippen LogP contribution in [0.15, 0.2) is 12.7 Å². The molecule has 0 aliphatic carbocycles. The van der Waals surface area contributed by atoms with Crippen LogP contribution in [0.25, 0.3) is 0 Å². The Labute approximate surface area is 107 Å². The van der Waals surface area contributed by atoms with Gasteiger partial charge in [-0.1, -0.05) is 6.08 Å². The second-order valence-corrected chi connectivity index (χ2v) is 6.26. The molecule has 0 amide bonds. The number of hydrogen-bond donors (Lipinski definition) is 1. The smallest absolute Gasteiger partial charge is 0.0165 e. The molecule has 17 heavy (non-hydrogen) atoms. The van der Waals surface area contributed by atoms with Crippen molar-refractivity contribution in [2.24, 2.45) is 5.92 Å². The van der Waals surface area contributed by atoms with Crippen LogP contribution >= 0.6 is 0 Å². The van der Waals surface area contributed by atoms with E-state index in [0.717, 1.165) is 12.5 Å². The topological polar surface area (TPSA) is 15.3 Å². The number of piperidine rings is 1. The predicted molar refractivity (Wildman–Crippen MR) is 76.4 cm³/mol. The monoisotopic (exact) mass is 238 g/mol. The lowest BCUT2D eigenvalue weighted by Crippen LogP contribution is -2.42. The zero-order valence-electron chi connectivity index (χ0n) is 12.0. The van der Waals surface area contributed by atoms with Gasteiger partial charge in [0.15, 0.2) is 0 Å². The highest BCUT2D eigenvalue weighted by Gasteiger charge is 2.20. The van der Waals surface area contributed by atoms with Crippen LogP contribution in [-0.2, 0) is 0 Å². The molecule has 2 nitrogen and oxygen atoms in total. The molecule has 0 saturated carbocycles. The van der Waals surface area contributed by atoms with E-state index in [-0.39, 0.29) is 5.54 Å². The normalized spacial score (nSPS) is 21.8. The first-order chi connectivity index (χ1) is 8.04. The van der Waals surface area contributed by atoms with Crippen LogP contribution in [0.2, 0.25) is 0 Å². The summed E-state index contributed by atoms with van der Waals surface area (Å²) in [4.78, 5) is 2.52. The Kier molecular flexibility index (Phi) is 6.21. The van der Waals surface area contributed by atoms with E-state index in [2.05, 4.69) is 37.6 Å². The van der Waals surface area contributed by atoms with Gasteiger partial charge in [-0.2, -0.15) is 0 Å². The maximum Gasteiger partial charge on any atom is 0.0165 e. The van der Waals surface area contributed by atoms with Crippen LogP contribution in [0, 0.1) is 5.92 Å². The highest BCUT2D eigenvalue weighted by Crippen LogP contribution is 2.18. The third-order valence-corrected chi connectivity index (χ3v) is 3.74. The molecule has 1 aliphatic rings. The second kappa shape index (κ2) is 7.17. The zero-order valence-corrected chi connectivity index (χ0v) is 12.0. The van der Waals surface area contributed by atoms with Gasteiger partial charge in [-0.15, -0.1) is 6.58 Å². The maximum atomic E-state index is 3.86. The van der Waals surface area contributed by atoms with Crippen LogP contribution in [0.3, 0.4) is 0 Å². The summed E-state index contributed by atoms with van der Waals surface area (Å²) in [5, 5.41) is 3.50. The van der Waals surface area contributed by atoms with Gasteiger partial charge in [-0.05, 0) is 72.0 Å². The Morgan fingerprint density at radius 1 is 1.41 bits per heavy atom. The number of hydrogen-bond acceptors (Lipinski definition) is 2. The van der Waals surface area contributed by atoms with Gasteiger partial charge in [-0.25, -0.2) is 0 Å². The van der Waals surface area contributed by atoms with Gasteiger partial charge >= 0.3 is 0 Å². The molecule has 0 aromatic rings. The van der Waals surface area contributed by atoms with Crippen LogP contribution in [0.5, 0.6) is 0 Å². The highest BCUT2D eigenvalue weighted by atomic mass is 15.2. The van der Waals surface area contributed by atoms with Crippen LogP contribution < -0.4 is 5.32 Å². The van der Waals surface area contributed by atoms with Crippen molar-refractivity contribution in [3.63, 3.8) is 0 Å². The summed E-state index contributed by atoms with van der Waals surface area (Å²) < 4.78 is 0. The number of nitrogens with zero attached hydrogens (tertiary/aromatic N) is 1. The van der Waals surface area contributed by atoms with Gasteiger partial charge in [0.1, 0.15) is 0 Å². The first kappa shape index (κ1) is 14.7. The summed E-state index contributed by atoms with van der Waals surface area (Å²) >= 11 is 0. The molecule has 0 aromatic heterocycles. The first-order valence-corrected chi connectivity index (χ1v) is 7.10. The third-order valence-electron chi connectivity index (χ3n) is 3.74. The maximum absolute atomic E-state index is 3.86. The summed E-state index contributed by atoms with van der Waals surface area (Å²) in [6.45, 7) is 15.4. The summed E-state index contributed by atoms with van der Waals surface area (Å²) in [6, 6.07) is 0. The lowest BCUT2D eigenvalue weighted by Gasteiger charge is -2.35.